The highest BCUT2D eigenvalue weighted by Gasteiger charge is 2.36. The summed E-state index contributed by atoms with van der Waals surface area (Å²) in [6.07, 6.45) is 1.43. The number of furan rings is 1. The van der Waals surface area contributed by atoms with Gasteiger partial charge in [0.1, 0.15) is 17.4 Å². The minimum atomic E-state index is -0.874. The van der Waals surface area contributed by atoms with Crippen molar-refractivity contribution in [2.24, 2.45) is 0 Å². The molecular formula is C26H20F2N4O3S. The molecule has 3 N–H and O–H groups in total. The van der Waals surface area contributed by atoms with Crippen LogP contribution in [0.25, 0.3) is 0 Å². The summed E-state index contributed by atoms with van der Waals surface area (Å²) in [5, 5.41) is 18.7. The number of hydrogen-bond donors (Lipinski definition) is 3. The Balaban J connectivity index is 1.58. The molecule has 0 saturated heterocycles. The standard InChI is InChI=1S/C26H20F2N4O3S/c1-15-23(25(34)32-20-6-3-2-5-19(20)28)24(21-7-4-12-35-21)18(13-29)26(30-15)36-14-22(33)31-17-10-8-16(27)9-11-17/h2-12,24,30H,14H2,1H3,(H,31,33)(H,32,34)/t24-/m1/s1. The lowest BCUT2D eigenvalue weighted by Crippen LogP contribution is -2.31. The van der Waals surface area contributed by atoms with Gasteiger partial charge >= 0.3 is 0 Å². The Bertz CT molecular complexity index is 1390. The topological polar surface area (TPSA) is 107 Å². The number of anilines is 2. The van der Waals surface area contributed by atoms with Crippen molar-refractivity contribution in [2.75, 3.05) is 16.4 Å². The predicted octanol–water partition coefficient (Wildman–Crippen LogP) is 5.26. The van der Waals surface area contributed by atoms with Crippen molar-refractivity contribution in [3.8, 4) is 6.07 Å². The maximum Gasteiger partial charge on any atom is 0.254 e. The fourth-order valence-corrected chi connectivity index (χ4v) is 4.58. The molecule has 0 saturated carbocycles. The largest absolute Gasteiger partial charge is 0.468 e. The van der Waals surface area contributed by atoms with Gasteiger partial charge in [-0.15, -0.1) is 0 Å². The highest BCUT2D eigenvalue weighted by molar-refractivity contribution is 8.03. The first-order chi connectivity index (χ1) is 17.4. The quantitative estimate of drug-likeness (QED) is 0.403. The molecule has 4 rings (SSSR count). The number of nitrogens with one attached hydrogen (secondary N) is 3. The molecule has 1 aromatic heterocycles. The molecular weight excluding hydrogens is 486 g/mol. The molecule has 0 radical (unpaired) electrons. The average Bonchev–Trinajstić information content (AvgIpc) is 3.39. The van der Waals surface area contributed by atoms with Gasteiger partial charge in [0.2, 0.25) is 5.91 Å². The number of amides is 2. The van der Waals surface area contributed by atoms with Gasteiger partial charge in [0.25, 0.3) is 5.91 Å². The van der Waals surface area contributed by atoms with Crippen LogP contribution in [-0.2, 0) is 9.59 Å². The van der Waals surface area contributed by atoms with Crippen LogP contribution in [0.2, 0.25) is 0 Å². The zero-order valence-corrected chi connectivity index (χ0v) is 19.8. The van der Waals surface area contributed by atoms with Crippen LogP contribution in [0.1, 0.15) is 18.6 Å². The molecule has 0 aliphatic carbocycles. The van der Waals surface area contributed by atoms with Gasteiger partial charge < -0.3 is 20.4 Å². The zero-order chi connectivity index (χ0) is 25.7. The number of nitriles is 1. The van der Waals surface area contributed by atoms with Crippen LogP contribution in [0.4, 0.5) is 20.2 Å². The van der Waals surface area contributed by atoms with Gasteiger partial charge in [0, 0.05) is 11.4 Å². The highest BCUT2D eigenvalue weighted by Crippen LogP contribution is 2.41. The van der Waals surface area contributed by atoms with E-state index in [4.69, 9.17) is 4.42 Å². The van der Waals surface area contributed by atoms with Crippen LogP contribution in [0.3, 0.4) is 0 Å². The molecule has 7 nitrogen and oxygen atoms in total. The van der Waals surface area contributed by atoms with Crippen LogP contribution in [-0.4, -0.2) is 17.6 Å². The zero-order valence-electron chi connectivity index (χ0n) is 19.0. The van der Waals surface area contributed by atoms with Crippen molar-refractivity contribution in [3.63, 3.8) is 0 Å². The molecule has 1 atom stereocenters. The third-order valence-electron chi connectivity index (χ3n) is 5.32. The van der Waals surface area contributed by atoms with E-state index in [0.717, 1.165) is 11.8 Å². The number of para-hydroxylation sites is 1. The van der Waals surface area contributed by atoms with Crippen LogP contribution in [0, 0.1) is 23.0 Å². The molecule has 36 heavy (non-hydrogen) atoms. The van der Waals surface area contributed by atoms with Crippen molar-refractivity contribution >= 4 is 35.0 Å². The van der Waals surface area contributed by atoms with Crippen LogP contribution in [0.5, 0.6) is 0 Å². The molecule has 0 spiro atoms. The first kappa shape index (κ1) is 24.8. The monoisotopic (exact) mass is 506 g/mol. The summed E-state index contributed by atoms with van der Waals surface area (Å²) in [4.78, 5) is 25.7. The number of benzene rings is 2. The number of carbonyl (C=O) groups is 2. The van der Waals surface area contributed by atoms with E-state index >= 15 is 0 Å². The number of hydrogen-bond acceptors (Lipinski definition) is 6. The van der Waals surface area contributed by atoms with Gasteiger partial charge in [0.05, 0.1) is 45.9 Å². The van der Waals surface area contributed by atoms with Crippen molar-refractivity contribution < 1.29 is 22.8 Å². The average molecular weight is 507 g/mol. The van der Waals surface area contributed by atoms with Gasteiger partial charge in [-0.1, -0.05) is 23.9 Å². The summed E-state index contributed by atoms with van der Waals surface area (Å²) in [6.45, 7) is 1.65. The number of allylic oxidation sites excluding steroid dienone is 2. The van der Waals surface area contributed by atoms with E-state index in [-0.39, 0.29) is 28.5 Å². The molecule has 0 bridgehead atoms. The second-order valence-corrected chi connectivity index (χ2v) is 8.73. The van der Waals surface area contributed by atoms with Crippen LogP contribution < -0.4 is 16.0 Å². The van der Waals surface area contributed by atoms with Crippen LogP contribution in [0.15, 0.2) is 93.2 Å². The molecule has 1 aliphatic heterocycles. The normalized spacial score (nSPS) is 15.2. The Hall–Kier alpha value is -4.36. The van der Waals surface area contributed by atoms with E-state index in [1.807, 2.05) is 0 Å². The molecule has 10 heteroatoms. The van der Waals surface area contributed by atoms with Crippen molar-refractivity contribution in [1.29, 1.82) is 5.26 Å². The summed E-state index contributed by atoms with van der Waals surface area (Å²) in [5.74, 6) is -2.56. The Morgan fingerprint density at radius 2 is 1.83 bits per heavy atom. The summed E-state index contributed by atoms with van der Waals surface area (Å²) in [6, 6.07) is 16.5. The Labute approximate surface area is 209 Å². The van der Waals surface area contributed by atoms with E-state index in [0.29, 0.717) is 22.2 Å². The van der Waals surface area contributed by atoms with Crippen molar-refractivity contribution in [3.05, 3.63) is 106 Å². The molecule has 1 aliphatic rings. The fourth-order valence-electron chi connectivity index (χ4n) is 3.69. The molecule has 0 fully saturated rings. The van der Waals surface area contributed by atoms with E-state index in [9.17, 15) is 23.6 Å². The van der Waals surface area contributed by atoms with Crippen molar-refractivity contribution in [2.45, 2.75) is 12.8 Å². The van der Waals surface area contributed by atoms with E-state index in [1.165, 1.54) is 48.7 Å². The lowest BCUT2D eigenvalue weighted by molar-refractivity contribution is -0.114. The number of carbonyl (C=O) groups excluding carboxylic acids is 2. The lowest BCUT2D eigenvalue weighted by atomic mass is 9.85. The number of dihydropyridines is 1. The van der Waals surface area contributed by atoms with Crippen molar-refractivity contribution in [1.82, 2.24) is 5.32 Å². The molecule has 2 heterocycles. The third kappa shape index (κ3) is 5.47. The van der Waals surface area contributed by atoms with Gasteiger partial charge in [-0.25, -0.2) is 8.78 Å². The van der Waals surface area contributed by atoms with E-state index in [2.05, 4.69) is 22.0 Å². The summed E-state index contributed by atoms with van der Waals surface area (Å²) in [7, 11) is 0. The van der Waals surface area contributed by atoms with Gasteiger partial charge in [-0.2, -0.15) is 5.26 Å². The number of halogens is 2. The second-order valence-electron chi connectivity index (χ2n) is 7.74. The first-order valence-corrected chi connectivity index (χ1v) is 11.8. The van der Waals surface area contributed by atoms with Crippen LogP contribution >= 0.6 is 11.8 Å². The number of nitrogens with zero attached hydrogens (tertiary/aromatic N) is 1. The highest BCUT2D eigenvalue weighted by atomic mass is 32.2. The van der Waals surface area contributed by atoms with Gasteiger partial charge in [0.15, 0.2) is 0 Å². The molecule has 182 valence electrons. The summed E-state index contributed by atoms with van der Waals surface area (Å²) < 4.78 is 32.8. The van der Waals surface area contributed by atoms with E-state index in [1.54, 1.807) is 25.1 Å². The minimum absolute atomic E-state index is 0.00104. The molecule has 2 aromatic carbocycles. The van der Waals surface area contributed by atoms with E-state index < -0.39 is 23.5 Å². The van der Waals surface area contributed by atoms with Gasteiger partial charge in [-0.3, -0.25) is 9.59 Å². The Morgan fingerprint density at radius 3 is 2.50 bits per heavy atom. The number of rotatable bonds is 7. The smallest absolute Gasteiger partial charge is 0.254 e. The predicted molar refractivity (Wildman–Crippen MR) is 132 cm³/mol. The second kappa shape index (κ2) is 10.9. The maximum absolute atomic E-state index is 14.2. The Morgan fingerprint density at radius 1 is 1.08 bits per heavy atom. The molecule has 2 amide bonds. The SMILES string of the molecule is CC1=C(C(=O)Nc2ccccc2F)[C@@H](c2ccco2)C(C#N)=C(SCC(=O)Nc2ccc(F)cc2)N1. The third-order valence-corrected chi connectivity index (χ3v) is 6.33. The summed E-state index contributed by atoms with van der Waals surface area (Å²) >= 11 is 1.08. The summed E-state index contributed by atoms with van der Waals surface area (Å²) in [5.41, 5.74) is 1.22. The fraction of sp³-hybridized carbons (Fsp3) is 0.115. The molecule has 0 unspecified atom stereocenters. The maximum atomic E-state index is 14.2. The first-order valence-electron chi connectivity index (χ1n) is 10.8. The van der Waals surface area contributed by atoms with Gasteiger partial charge in [-0.05, 0) is 55.5 Å². The number of thioether (sulfide) groups is 1. The lowest BCUT2D eigenvalue weighted by Gasteiger charge is -2.28. The minimum Gasteiger partial charge on any atom is -0.468 e. The molecule has 3 aromatic rings. The Kier molecular flexibility index (Phi) is 7.51.